The van der Waals surface area contributed by atoms with E-state index in [9.17, 15) is 16.8 Å². The van der Waals surface area contributed by atoms with Crippen LogP contribution in [0.15, 0.2) is 52.3 Å². The molecule has 0 aliphatic heterocycles. The van der Waals surface area contributed by atoms with Gasteiger partial charge in [-0.05, 0) is 67.1 Å². The lowest BCUT2D eigenvalue weighted by Gasteiger charge is -2.20. The van der Waals surface area contributed by atoms with Crippen molar-refractivity contribution in [3.63, 3.8) is 0 Å². The number of nitrogens with one attached hydrogen (secondary N) is 1. The molecule has 0 radical (unpaired) electrons. The number of fused-ring (bicyclic) bond motifs is 1. The Kier molecular flexibility index (Phi) is 4.40. The van der Waals surface area contributed by atoms with E-state index in [2.05, 4.69) is 4.72 Å². The van der Waals surface area contributed by atoms with E-state index in [1.807, 2.05) is 12.1 Å². The Bertz CT molecular complexity index is 962. The largest absolute Gasteiger partial charge is 0.279 e. The summed E-state index contributed by atoms with van der Waals surface area (Å²) in [5.74, 6) is 0. The van der Waals surface area contributed by atoms with Gasteiger partial charge in [-0.25, -0.2) is 16.8 Å². The van der Waals surface area contributed by atoms with Gasteiger partial charge in [0.25, 0.3) is 10.0 Å². The van der Waals surface area contributed by atoms with Gasteiger partial charge in [-0.1, -0.05) is 12.1 Å². The Morgan fingerprint density at radius 2 is 1.46 bits per heavy atom. The lowest BCUT2D eigenvalue weighted by atomic mass is 9.91. The SMILES string of the molecule is CS(=O)(=O)c1ccc(S(=O)(=O)Nc2cccc3c2CCCC3)cc1. The van der Waals surface area contributed by atoms with E-state index in [4.69, 9.17) is 0 Å². The molecule has 0 amide bonds. The number of sulfonamides is 1. The number of benzene rings is 2. The van der Waals surface area contributed by atoms with E-state index >= 15 is 0 Å². The van der Waals surface area contributed by atoms with E-state index in [-0.39, 0.29) is 9.79 Å². The summed E-state index contributed by atoms with van der Waals surface area (Å²) in [6, 6.07) is 10.9. The second kappa shape index (κ2) is 6.22. The fraction of sp³-hybridized carbons (Fsp3) is 0.294. The number of sulfone groups is 1. The third-order valence-corrected chi connectivity index (χ3v) is 6.71. The van der Waals surface area contributed by atoms with E-state index < -0.39 is 19.9 Å². The Labute approximate surface area is 142 Å². The highest BCUT2D eigenvalue weighted by atomic mass is 32.2. The van der Waals surface area contributed by atoms with Gasteiger partial charge in [0.1, 0.15) is 0 Å². The van der Waals surface area contributed by atoms with Crippen molar-refractivity contribution >= 4 is 25.5 Å². The number of hydrogen-bond donors (Lipinski definition) is 1. The minimum atomic E-state index is -3.75. The first-order valence-electron chi connectivity index (χ1n) is 7.71. The van der Waals surface area contributed by atoms with Crippen LogP contribution in [0.4, 0.5) is 5.69 Å². The molecule has 0 heterocycles. The van der Waals surface area contributed by atoms with Crippen LogP contribution in [0.2, 0.25) is 0 Å². The van der Waals surface area contributed by atoms with Gasteiger partial charge >= 0.3 is 0 Å². The van der Waals surface area contributed by atoms with Crippen LogP contribution in [0, 0.1) is 0 Å². The van der Waals surface area contributed by atoms with Gasteiger partial charge in [-0.3, -0.25) is 4.72 Å². The number of hydrogen-bond acceptors (Lipinski definition) is 4. The van der Waals surface area contributed by atoms with Crippen molar-refractivity contribution < 1.29 is 16.8 Å². The molecule has 7 heteroatoms. The number of rotatable bonds is 4. The molecule has 5 nitrogen and oxygen atoms in total. The Morgan fingerprint density at radius 1 is 0.833 bits per heavy atom. The molecule has 1 aliphatic rings. The summed E-state index contributed by atoms with van der Waals surface area (Å²) in [6.45, 7) is 0. The summed E-state index contributed by atoms with van der Waals surface area (Å²) < 4.78 is 50.8. The Balaban J connectivity index is 1.92. The fourth-order valence-electron chi connectivity index (χ4n) is 2.95. The van der Waals surface area contributed by atoms with E-state index in [1.54, 1.807) is 6.07 Å². The molecule has 128 valence electrons. The second-order valence-corrected chi connectivity index (χ2v) is 9.70. The summed E-state index contributed by atoms with van der Waals surface area (Å²) >= 11 is 0. The van der Waals surface area contributed by atoms with Crippen molar-refractivity contribution in [3.05, 3.63) is 53.6 Å². The third-order valence-electron chi connectivity index (χ3n) is 4.20. The molecule has 1 N–H and O–H groups in total. The lowest BCUT2D eigenvalue weighted by molar-refractivity contribution is 0.597. The van der Waals surface area contributed by atoms with E-state index in [1.165, 1.54) is 29.8 Å². The molecule has 0 saturated carbocycles. The molecular weight excluding hydrogens is 346 g/mol. The molecule has 1 aliphatic carbocycles. The highest BCUT2D eigenvalue weighted by Crippen LogP contribution is 2.29. The molecule has 0 saturated heterocycles. The van der Waals surface area contributed by atoms with Crippen LogP contribution in [0.5, 0.6) is 0 Å². The normalized spacial score (nSPS) is 14.9. The third kappa shape index (κ3) is 3.47. The van der Waals surface area contributed by atoms with Crippen LogP contribution in [-0.2, 0) is 32.7 Å². The van der Waals surface area contributed by atoms with Crippen LogP contribution in [-0.4, -0.2) is 23.1 Å². The molecule has 0 fully saturated rings. The molecule has 3 rings (SSSR count). The van der Waals surface area contributed by atoms with Gasteiger partial charge in [-0.2, -0.15) is 0 Å². The maximum absolute atomic E-state index is 12.6. The van der Waals surface area contributed by atoms with Gasteiger partial charge in [0, 0.05) is 6.26 Å². The van der Waals surface area contributed by atoms with Crippen LogP contribution >= 0.6 is 0 Å². The van der Waals surface area contributed by atoms with Crippen LogP contribution in [0.25, 0.3) is 0 Å². The van der Waals surface area contributed by atoms with Gasteiger partial charge in [0.2, 0.25) is 0 Å². The highest BCUT2D eigenvalue weighted by Gasteiger charge is 2.19. The van der Waals surface area contributed by atoms with Crippen molar-refractivity contribution in [1.29, 1.82) is 0 Å². The highest BCUT2D eigenvalue weighted by molar-refractivity contribution is 7.92. The minimum absolute atomic E-state index is 0.0447. The number of aryl methyl sites for hydroxylation is 1. The van der Waals surface area contributed by atoms with E-state index in [0.717, 1.165) is 37.5 Å². The van der Waals surface area contributed by atoms with Crippen molar-refractivity contribution in [2.45, 2.75) is 35.5 Å². The van der Waals surface area contributed by atoms with Gasteiger partial charge in [0.15, 0.2) is 9.84 Å². The topological polar surface area (TPSA) is 80.3 Å². The smallest absolute Gasteiger partial charge is 0.261 e. The first-order chi connectivity index (χ1) is 11.3. The maximum Gasteiger partial charge on any atom is 0.261 e. The standard InChI is InChI=1S/C17H19NO4S2/c1-23(19,20)14-9-11-15(12-10-14)24(21,22)18-17-8-4-6-13-5-2-3-7-16(13)17/h4,6,8-12,18H,2-3,5,7H2,1H3. The summed E-state index contributed by atoms with van der Waals surface area (Å²) in [5.41, 5.74) is 2.85. The summed E-state index contributed by atoms with van der Waals surface area (Å²) in [5, 5.41) is 0. The molecule has 0 bridgehead atoms. The zero-order valence-electron chi connectivity index (χ0n) is 13.3. The van der Waals surface area contributed by atoms with Crippen molar-refractivity contribution in [1.82, 2.24) is 0 Å². The molecule has 2 aromatic carbocycles. The minimum Gasteiger partial charge on any atom is -0.279 e. The molecule has 2 aromatic rings. The van der Waals surface area contributed by atoms with Gasteiger partial charge in [0.05, 0.1) is 15.5 Å². The van der Waals surface area contributed by atoms with Crippen molar-refractivity contribution in [2.75, 3.05) is 11.0 Å². The molecule has 24 heavy (non-hydrogen) atoms. The van der Waals surface area contributed by atoms with Gasteiger partial charge < -0.3 is 0 Å². The van der Waals surface area contributed by atoms with Crippen molar-refractivity contribution in [2.24, 2.45) is 0 Å². The van der Waals surface area contributed by atoms with Crippen LogP contribution in [0.1, 0.15) is 24.0 Å². The summed E-state index contributed by atoms with van der Waals surface area (Å²) in [4.78, 5) is 0.141. The zero-order valence-corrected chi connectivity index (χ0v) is 15.0. The second-order valence-electron chi connectivity index (χ2n) is 6.00. The molecule has 0 spiro atoms. The van der Waals surface area contributed by atoms with Gasteiger partial charge in [-0.15, -0.1) is 0 Å². The zero-order chi connectivity index (χ0) is 17.4. The van der Waals surface area contributed by atoms with Crippen LogP contribution < -0.4 is 4.72 Å². The first-order valence-corrected chi connectivity index (χ1v) is 11.1. The lowest BCUT2D eigenvalue weighted by Crippen LogP contribution is -2.16. The fourth-order valence-corrected chi connectivity index (χ4v) is 4.67. The molecule has 0 atom stereocenters. The first kappa shape index (κ1) is 17.0. The monoisotopic (exact) mass is 365 g/mol. The molecule has 0 aromatic heterocycles. The summed E-state index contributed by atoms with van der Waals surface area (Å²) in [7, 11) is -7.11. The Hall–Kier alpha value is -1.86. The maximum atomic E-state index is 12.6. The van der Waals surface area contributed by atoms with Crippen LogP contribution in [0.3, 0.4) is 0 Å². The quantitative estimate of drug-likeness (QED) is 0.903. The predicted molar refractivity (Wildman–Crippen MR) is 93.4 cm³/mol. The Morgan fingerprint density at radius 3 is 2.12 bits per heavy atom. The predicted octanol–water partition coefficient (Wildman–Crippen LogP) is 2.77. The average molecular weight is 365 g/mol. The number of anilines is 1. The van der Waals surface area contributed by atoms with E-state index in [0.29, 0.717) is 5.69 Å². The molecular formula is C17H19NO4S2. The molecule has 0 unspecified atom stereocenters. The summed E-state index contributed by atoms with van der Waals surface area (Å²) in [6.07, 6.45) is 5.09. The van der Waals surface area contributed by atoms with Crippen molar-refractivity contribution in [3.8, 4) is 0 Å². The average Bonchev–Trinajstić information content (AvgIpc) is 2.54.